The summed E-state index contributed by atoms with van der Waals surface area (Å²) in [6, 6.07) is 3.73. The van der Waals surface area contributed by atoms with Crippen molar-refractivity contribution < 1.29 is 9.59 Å². The average molecular weight is 278 g/mol. The molecule has 2 heterocycles. The van der Waals surface area contributed by atoms with Gasteiger partial charge in [-0.2, -0.15) is 0 Å². The Morgan fingerprint density at radius 2 is 2.21 bits per heavy atom. The standard InChI is InChI=1S/C14H18N2O2S/c1-2-7-15-13(17)11-5-8-16(9-6-11)14(18)12-4-3-10-19-12/h2-4,10-11H,1,5-9H2,(H,15,17). The number of rotatable bonds is 4. The van der Waals surface area contributed by atoms with E-state index in [9.17, 15) is 9.59 Å². The Labute approximate surface area is 117 Å². The van der Waals surface area contributed by atoms with E-state index in [2.05, 4.69) is 11.9 Å². The minimum Gasteiger partial charge on any atom is -0.352 e. The van der Waals surface area contributed by atoms with Gasteiger partial charge in [0, 0.05) is 25.6 Å². The number of nitrogens with one attached hydrogen (secondary N) is 1. The first-order valence-electron chi connectivity index (χ1n) is 6.43. The van der Waals surface area contributed by atoms with Gasteiger partial charge in [-0.15, -0.1) is 17.9 Å². The van der Waals surface area contributed by atoms with Crippen molar-refractivity contribution in [1.82, 2.24) is 10.2 Å². The van der Waals surface area contributed by atoms with Gasteiger partial charge in [0.15, 0.2) is 0 Å². The summed E-state index contributed by atoms with van der Waals surface area (Å²) in [5.41, 5.74) is 0. The molecule has 0 aromatic carbocycles. The highest BCUT2D eigenvalue weighted by atomic mass is 32.1. The number of hydrogen-bond donors (Lipinski definition) is 1. The van der Waals surface area contributed by atoms with Crippen molar-refractivity contribution in [2.24, 2.45) is 5.92 Å². The molecule has 1 fully saturated rings. The van der Waals surface area contributed by atoms with Gasteiger partial charge in [0.05, 0.1) is 4.88 Å². The van der Waals surface area contributed by atoms with Crippen LogP contribution in [-0.4, -0.2) is 36.3 Å². The third kappa shape index (κ3) is 3.44. The molecule has 102 valence electrons. The molecule has 19 heavy (non-hydrogen) atoms. The Bertz CT molecular complexity index is 448. The molecule has 1 saturated heterocycles. The van der Waals surface area contributed by atoms with E-state index in [0.717, 1.165) is 17.7 Å². The quantitative estimate of drug-likeness (QED) is 0.855. The molecule has 2 amide bonds. The van der Waals surface area contributed by atoms with Crippen LogP contribution in [0.4, 0.5) is 0 Å². The van der Waals surface area contributed by atoms with Gasteiger partial charge in [-0.25, -0.2) is 0 Å². The third-order valence-electron chi connectivity index (χ3n) is 3.31. The average Bonchev–Trinajstić information content (AvgIpc) is 2.98. The molecule has 1 aromatic heterocycles. The SMILES string of the molecule is C=CCNC(=O)C1CCN(C(=O)c2cccs2)CC1. The first-order chi connectivity index (χ1) is 9.22. The molecule has 2 rings (SSSR count). The van der Waals surface area contributed by atoms with Gasteiger partial charge in [0.25, 0.3) is 5.91 Å². The van der Waals surface area contributed by atoms with Crippen molar-refractivity contribution in [2.75, 3.05) is 19.6 Å². The molecule has 0 atom stereocenters. The molecule has 1 aliphatic heterocycles. The Balaban J connectivity index is 1.84. The number of amides is 2. The molecule has 0 saturated carbocycles. The van der Waals surface area contributed by atoms with Crippen LogP contribution in [0.15, 0.2) is 30.2 Å². The number of thiophene rings is 1. The van der Waals surface area contributed by atoms with Gasteiger partial charge >= 0.3 is 0 Å². The number of nitrogens with zero attached hydrogens (tertiary/aromatic N) is 1. The summed E-state index contributed by atoms with van der Waals surface area (Å²) in [4.78, 5) is 26.5. The Hall–Kier alpha value is -1.62. The maximum absolute atomic E-state index is 12.1. The number of carbonyl (C=O) groups is 2. The van der Waals surface area contributed by atoms with Gasteiger partial charge in [-0.05, 0) is 24.3 Å². The summed E-state index contributed by atoms with van der Waals surface area (Å²) in [5.74, 6) is 0.176. The molecule has 0 aliphatic carbocycles. The highest BCUT2D eigenvalue weighted by molar-refractivity contribution is 7.12. The van der Waals surface area contributed by atoms with Gasteiger partial charge < -0.3 is 10.2 Å². The van der Waals surface area contributed by atoms with Crippen molar-refractivity contribution in [3.63, 3.8) is 0 Å². The Morgan fingerprint density at radius 1 is 1.47 bits per heavy atom. The van der Waals surface area contributed by atoms with Crippen LogP contribution >= 0.6 is 11.3 Å². The first kappa shape index (κ1) is 13.8. The second-order valence-electron chi connectivity index (χ2n) is 4.58. The number of piperidine rings is 1. The zero-order chi connectivity index (χ0) is 13.7. The molecule has 1 N–H and O–H groups in total. The molecule has 0 spiro atoms. The lowest BCUT2D eigenvalue weighted by Gasteiger charge is -2.31. The van der Waals surface area contributed by atoms with E-state index in [4.69, 9.17) is 0 Å². The van der Waals surface area contributed by atoms with Crippen LogP contribution in [0.5, 0.6) is 0 Å². The van der Waals surface area contributed by atoms with E-state index in [1.165, 1.54) is 11.3 Å². The third-order valence-corrected chi connectivity index (χ3v) is 4.16. The van der Waals surface area contributed by atoms with Gasteiger partial charge in [-0.1, -0.05) is 12.1 Å². The largest absolute Gasteiger partial charge is 0.352 e. The van der Waals surface area contributed by atoms with Crippen molar-refractivity contribution in [3.8, 4) is 0 Å². The lowest BCUT2D eigenvalue weighted by molar-refractivity contribution is -0.126. The fourth-order valence-corrected chi connectivity index (χ4v) is 2.91. The van der Waals surface area contributed by atoms with Gasteiger partial charge in [0.2, 0.25) is 5.91 Å². The predicted octanol–water partition coefficient (Wildman–Crippen LogP) is 1.90. The monoisotopic (exact) mass is 278 g/mol. The van der Waals surface area contributed by atoms with Crippen molar-refractivity contribution in [3.05, 3.63) is 35.0 Å². The number of hydrogen-bond acceptors (Lipinski definition) is 3. The Kier molecular flexibility index (Phi) is 4.74. The molecule has 0 radical (unpaired) electrons. The van der Waals surface area contributed by atoms with Crippen LogP contribution < -0.4 is 5.32 Å². The van der Waals surface area contributed by atoms with E-state index in [-0.39, 0.29) is 17.7 Å². The molecule has 1 aromatic rings. The topological polar surface area (TPSA) is 49.4 Å². The highest BCUT2D eigenvalue weighted by Crippen LogP contribution is 2.20. The molecule has 5 heteroatoms. The number of carbonyl (C=O) groups excluding carboxylic acids is 2. The van der Waals surface area contributed by atoms with Crippen LogP contribution in [0.25, 0.3) is 0 Å². The van der Waals surface area contributed by atoms with E-state index in [1.807, 2.05) is 22.4 Å². The smallest absolute Gasteiger partial charge is 0.263 e. The summed E-state index contributed by atoms with van der Waals surface area (Å²) in [6.45, 7) is 5.39. The van der Waals surface area contributed by atoms with Crippen LogP contribution in [-0.2, 0) is 4.79 Å². The van der Waals surface area contributed by atoms with E-state index in [0.29, 0.717) is 19.6 Å². The second kappa shape index (κ2) is 6.52. The lowest BCUT2D eigenvalue weighted by atomic mass is 9.96. The summed E-state index contributed by atoms with van der Waals surface area (Å²) < 4.78 is 0. The molecule has 1 aliphatic rings. The molecule has 0 unspecified atom stereocenters. The minimum absolute atomic E-state index is 0.0207. The van der Waals surface area contributed by atoms with Gasteiger partial charge in [0.1, 0.15) is 0 Å². The summed E-state index contributed by atoms with van der Waals surface area (Å²) in [6.07, 6.45) is 3.15. The van der Waals surface area contributed by atoms with E-state index >= 15 is 0 Å². The summed E-state index contributed by atoms with van der Waals surface area (Å²) in [5, 5.41) is 4.72. The maximum Gasteiger partial charge on any atom is 0.263 e. The molecule has 0 bridgehead atoms. The fourth-order valence-electron chi connectivity index (χ4n) is 2.22. The lowest BCUT2D eigenvalue weighted by Crippen LogP contribution is -2.42. The zero-order valence-corrected chi connectivity index (χ0v) is 11.6. The first-order valence-corrected chi connectivity index (χ1v) is 7.31. The van der Waals surface area contributed by atoms with Crippen molar-refractivity contribution in [2.45, 2.75) is 12.8 Å². The Morgan fingerprint density at radius 3 is 2.79 bits per heavy atom. The number of likely N-dealkylation sites (tertiary alicyclic amines) is 1. The van der Waals surface area contributed by atoms with Crippen LogP contribution in [0.3, 0.4) is 0 Å². The van der Waals surface area contributed by atoms with E-state index < -0.39 is 0 Å². The van der Waals surface area contributed by atoms with E-state index in [1.54, 1.807) is 6.08 Å². The van der Waals surface area contributed by atoms with Crippen LogP contribution in [0, 0.1) is 5.92 Å². The molecular formula is C14H18N2O2S. The van der Waals surface area contributed by atoms with Crippen molar-refractivity contribution in [1.29, 1.82) is 0 Å². The normalized spacial score (nSPS) is 16.1. The summed E-state index contributed by atoms with van der Waals surface area (Å²) in [7, 11) is 0. The van der Waals surface area contributed by atoms with Crippen molar-refractivity contribution >= 4 is 23.2 Å². The summed E-state index contributed by atoms with van der Waals surface area (Å²) >= 11 is 1.46. The van der Waals surface area contributed by atoms with Crippen LogP contribution in [0.1, 0.15) is 22.5 Å². The highest BCUT2D eigenvalue weighted by Gasteiger charge is 2.27. The second-order valence-corrected chi connectivity index (χ2v) is 5.53. The minimum atomic E-state index is 0.0207. The zero-order valence-electron chi connectivity index (χ0n) is 10.8. The van der Waals surface area contributed by atoms with Gasteiger partial charge in [-0.3, -0.25) is 9.59 Å². The molecular weight excluding hydrogens is 260 g/mol. The maximum atomic E-state index is 12.1. The molecule has 4 nitrogen and oxygen atoms in total. The predicted molar refractivity (Wildman–Crippen MR) is 76.2 cm³/mol. The fraction of sp³-hybridized carbons (Fsp3) is 0.429. The van der Waals surface area contributed by atoms with Crippen LogP contribution in [0.2, 0.25) is 0 Å².